The summed E-state index contributed by atoms with van der Waals surface area (Å²) in [7, 11) is 0. The van der Waals surface area contributed by atoms with Crippen molar-refractivity contribution in [3.05, 3.63) is 38.9 Å². The molecule has 3 rings (SSSR count). The molecular formula is C17H18ClFN2O3S. The Morgan fingerprint density at radius 2 is 2.16 bits per heavy atom. The number of benzene rings is 1. The quantitative estimate of drug-likeness (QED) is 0.768. The Labute approximate surface area is 153 Å². The van der Waals surface area contributed by atoms with Crippen LogP contribution in [0.25, 0.3) is 10.9 Å². The van der Waals surface area contributed by atoms with Gasteiger partial charge >= 0.3 is 5.97 Å². The third-order valence-electron chi connectivity index (χ3n) is 3.93. The van der Waals surface area contributed by atoms with E-state index >= 15 is 0 Å². The molecule has 0 saturated heterocycles. The lowest BCUT2D eigenvalue weighted by atomic mass is 10.1. The minimum atomic E-state index is -1.33. The van der Waals surface area contributed by atoms with Crippen molar-refractivity contribution in [2.45, 2.75) is 43.2 Å². The van der Waals surface area contributed by atoms with Crippen molar-refractivity contribution in [3.63, 3.8) is 0 Å². The lowest BCUT2D eigenvalue weighted by molar-refractivity contribution is 0.0695. The van der Waals surface area contributed by atoms with Gasteiger partial charge in [-0.3, -0.25) is 4.79 Å². The number of rotatable bonds is 5. The molecule has 0 spiro atoms. The van der Waals surface area contributed by atoms with Crippen molar-refractivity contribution in [2.24, 2.45) is 5.73 Å². The molecule has 5 nitrogen and oxygen atoms in total. The van der Waals surface area contributed by atoms with Crippen LogP contribution in [0, 0.1) is 5.82 Å². The summed E-state index contributed by atoms with van der Waals surface area (Å²) < 4.78 is 16.3. The van der Waals surface area contributed by atoms with Crippen molar-refractivity contribution in [3.8, 4) is 0 Å². The van der Waals surface area contributed by atoms with E-state index in [0.29, 0.717) is 11.3 Å². The zero-order chi connectivity index (χ0) is 18.5. The first-order valence-corrected chi connectivity index (χ1v) is 9.18. The van der Waals surface area contributed by atoms with Gasteiger partial charge in [0.05, 0.1) is 20.8 Å². The summed E-state index contributed by atoms with van der Waals surface area (Å²) in [5, 5.41) is 9.38. The lowest BCUT2D eigenvalue weighted by Gasteiger charge is -2.20. The van der Waals surface area contributed by atoms with E-state index in [1.54, 1.807) is 4.57 Å². The zero-order valence-electron chi connectivity index (χ0n) is 13.8. The Morgan fingerprint density at radius 3 is 2.68 bits per heavy atom. The SMILES string of the molecule is CC(C)(N)CSc1c(F)cc2c(=O)c(C(=O)O)cn(C3CC3)c2c1Cl. The molecule has 0 aliphatic heterocycles. The average molecular weight is 385 g/mol. The first kappa shape index (κ1) is 18.2. The maximum Gasteiger partial charge on any atom is 0.341 e. The van der Waals surface area contributed by atoms with Crippen LogP contribution in [0.3, 0.4) is 0 Å². The summed E-state index contributed by atoms with van der Waals surface area (Å²) in [5.41, 5.74) is 4.72. The fourth-order valence-corrected chi connectivity index (χ4v) is 4.00. The van der Waals surface area contributed by atoms with E-state index in [9.17, 15) is 19.1 Å². The van der Waals surface area contributed by atoms with Crippen LogP contribution in [0.4, 0.5) is 4.39 Å². The molecule has 134 valence electrons. The second-order valence-electron chi connectivity index (χ2n) is 6.99. The highest BCUT2D eigenvalue weighted by molar-refractivity contribution is 7.99. The number of hydrogen-bond donors (Lipinski definition) is 2. The zero-order valence-corrected chi connectivity index (χ0v) is 15.4. The van der Waals surface area contributed by atoms with Gasteiger partial charge in [-0.1, -0.05) is 11.6 Å². The van der Waals surface area contributed by atoms with Gasteiger partial charge in [0.25, 0.3) is 0 Å². The molecular weight excluding hydrogens is 367 g/mol. The van der Waals surface area contributed by atoms with Crippen LogP contribution in [0.1, 0.15) is 43.1 Å². The number of carboxylic acids is 1. The van der Waals surface area contributed by atoms with Gasteiger partial charge in [-0.05, 0) is 32.8 Å². The number of fused-ring (bicyclic) bond motifs is 1. The molecule has 1 heterocycles. The van der Waals surface area contributed by atoms with Crippen LogP contribution >= 0.6 is 23.4 Å². The van der Waals surface area contributed by atoms with Gasteiger partial charge in [0.2, 0.25) is 5.43 Å². The topological polar surface area (TPSA) is 85.3 Å². The number of thioether (sulfide) groups is 1. The van der Waals surface area contributed by atoms with E-state index in [-0.39, 0.29) is 26.9 Å². The highest BCUT2D eigenvalue weighted by Crippen LogP contribution is 2.42. The van der Waals surface area contributed by atoms with Crippen molar-refractivity contribution in [2.75, 3.05) is 5.75 Å². The summed E-state index contributed by atoms with van der Waals surface area (Å²) in [4.78, 5) is 24.0. The third-order valence-corrected chi connectivity index (χ3v) is 5.98. The number of carbonyl (C=O) groups is 1. The molecule has 25 heavy (non-hydrogen) atoms. The molecule has 3 N–H and O–H groups in total. The molecule has 2 aromatic rings. The summed E-state index contributed by atoms with van der Waals surface area (Å²) in [5.74, 6) is -1.54. The molecule has 1 aromatic heterocycles. The van der Waals surface area contributed by atoms with Gasteiger partial charge in [0, 0.05) is 23.5 Å². The molecule has 1 aromatic carbocycles. The standard InChI is InChI=1S/C17H18ClFN2O3S/c1-17(2,20)7-25-15-11(19)5-9-13(12(15)18)21(8-3-4-8)6-10(14(9)22)16(23)24/h5-6,8H,3-4,7,20H2,1-2H3,(H,23,24). The van der Waals surface area contributed by atoms with Crippen LogP contribution in [0.15, 0.2) is 22.0 Å². The largest absolute Gasteiger partial charge is 0.477 e. The summed E-state index contributed by atoms with van der Waals surface area (Å²) >= 11 is 7.64. The van der Waals surface area contributed by atoms with Crippen LogP contribution in [-0.4, -0.2) is 26.9 Å². The highest BCUT2D eigenvalue weighted by Gasteiger charge is 2.29. The Balaban J connectivity index is 2.27. The highest BCUT2D eigenvalue weighted by atomic mass is 35.5. The van der Waals surface area contributed by atoms with Crippen LogP contribution in [0.2, 0.25) is 5.02 Å². The Hall–Kier alpha value is -1.57. The molecule has 0 unspecified atom stereocenters. The number of halogens is 2. The van der Waals surface area contributed by atoms with E-state index in [1.807, 2.05) is 13.8 Å². The van der Waals surface area contributed by atoms with Crippen LogP contribution < -0.4 is 11.2 Å². The van der Waals surface area contributed by atoms with Gasteiger partial charge in [-0.15, -0.1) is 11.8 Å². The molecule has 8 heteroatoms. The van der Waals surface area contributed by atoms with Gasteiger partial charge in [-0.25, -0.2) is 9.18 Å². The number of nitrogens with zero attached hydrogens (tertiary/aromatic N) is 1. The molecule has 1 aliphatic carbocycles. The fourth-order valence-electron chi connectivity index (χ4n) is 2.61. The van der Waals surface area contributed by atoms with E-state index in [0.717, 1.165) is 18.9 Å². The minimum Gasteiger partial charge on any atom is -0.477 e. The fraction of sp³-hybridized carbons (Fsp3) is 0.412. The van der Waals surface area contributed by atoms with Crippen LogP contribution in [0.5, 0.6) is 0 Å². The van der Waals surface area contributed by atoms with Gasteiger partial charge in [0.15, 0.2) is 0 Å². The normalized spacial score (nSPS) is 14.9. The first-order valence-electron chi connectivity index (χ1n) is 7.82. The molecule has 0 bridgehead atoms. The second kappa shape index (κ2) is 6.30. The average Bonchev–Trinajstić information content (AvgIpc) is 3.31. The van der Waals surface area contributed by atoms with Crippen molar-refractivity contribution in [1.29, 1.82) is 0 Å². The number of carboxylic acid groups (broad SMARTS) is 1. The smallest absolute Gasteiger partial charge is 0.341 e. The second-order valence-corrected chi connectivity index (χ2v) is 8.35. The van der Waals surface area contributed by atoms with Gasteiger partial charge in [0.1, 0.15) is 11.4 Å². The lowest BCUT2D eigenvalue weighted by Crippen LogP contribution is -2.34. The number of aromatic carboxylic acids is 1. The first-order chi connectivity index (χ1) is 11.6. The van der Waals surface area contributed by atoms with E-state index in [2.05, 4.69) is 0 Å². The predicted molar refractivity (Wildman–Crippen MR) is 97.4 cm³/mol. The maximum atomic E-state index is 14.6. The molecule has 1 saturated carbocycles. The van der Waals surface area contributed by atoms with Gasteiger partial charge < -0.3 is 15.4 Å². The molecule has 0 atom stereocenters. The Kier molecular flexibility index (Phi) is 4.59. The monoisotopic (exact) mass is 384 g/mol. The van der Waals surface area contributed by atoms with Gasteiger partial charge in [-0.2, -0.15) is 0 Å². The minimum absolute atomic E-state index is 0.00865. The van der Waals surface area contributed by atoms with E-state index in [4.69, 9.17) is 17.3 Å². The number of pyridine rings is 1. The van der Waals surface area contributed by atoms with Crippen molar-refractivity contribution < 1.29 is 14.3 Å². The third kappa shape index (κ3) is 3.54. The number of aromatic nitrogens is 1. The number of nitrogens with two attached hydrogens (primary N) is 1. The van der Waals surface area contributed by atoms with Crippen molar-refractivity contribution >= 4 is 40.2 Å². The van der Waals surface area contributed by atoms with Crippen LogP contribution in [-0.2, 0) is 0 Å². The molecule has 0 radical (unpaired) electrons. The molecule has 1 aliphatic rings. The number of hydrogen-bond acceptors (Lipinski definition) is 4. The van der Waals surface area contributed by atoms with Crippen molar-refractivity contribution in [1.82, 2.24) is 4.57 Å². The predicted octanol–water partition coefficient (Wildman–Crippen LogP) is 3.66. The van der Waals surface area contributed by atoms with E-state index < -0.39 is 22.8 Å². The molecule has 1 fully saturated rings. The Bertz CT molecular complexity index is 932. The molecule has 0 amide bonds. The summed E-state index contributed by atoms with van der Waals surface area (Å²) in [6.07, 6.45) is 3.04. The summed E-state index contributed by atoms with van der Waals surface area (Å²) in [6, 6.07) is 1.16. The van der Waals surface area contributed by atoms with E-state index in [1.165, 1.54) is 18.0 Å². The Morgan fingerprint density at radius 1 is 1.52 bits per heavy atom. The summed E-state index contributed by atoms with van der Waals surface area (Å²) in [6.45, 7) is 3.65. The maximum absolute atomic E-state index is 14.6.